The van der Waals surface area contributed by atoms with Crippen LogP contribution in [0.15, 0.2) is 72.8 Å². The number of anilines is 2. The first kappa shape index (κ1) is 25.1. The molecule has 35 heavy (non-hydrogen) atoms. The lowest BCUT2D eigenvalue weighted by molar-refractivity contribution is -0.119. The van der Waals surface area contributed by atoms with Gasteiger partial charge < -0.3 is 29.6 Å². The number of amides is 2. The van der Waals surface area contributed by atoms with E-state index in [0.717, 1.165) is 0 Å². The molecule has 9 heteroatoms. The smallest absolute Gasteiger partial charge is 0.338 e. The molecule has 9 nitrogen and oxygen atoms in total. The van der Waals surface area contributed by atoms with E-state index in [1.807, 2.05) is 6.92 Å². The van der Waals surface area contributed by atoms with Gasteiger partial charge in [0.1, 0.15) is 17.2 Å². The number of methoxy groups -OCH3 is 1. The molecule has 0 saturated carbocycles. The number of esters is 1. The molecule has 0 bridgehead atoms. The van der Waals surface area contributed by atoms with Crippen LogP contribution in [0.3, 0.4) is 0 Å². The summed E-state index contributed by atoms with van der Waals surface area (Å²) in [7, 11) is 1.54. The predicted molar refractivity (Wildman–Crippen MR) is 130 cm³/mol. The summed E-state index contributed by atoms with van der Waals surface area (Å²) >= 11 is 0. The highest BCUT2D eigenvalue weighted by atomic mass is 16.5. The number of hydrogen-bond acceptors (Lipinski definition) is 7. The third-order valence-corrected chi connectivity index (χ3v) is 4.61. The second-order valence-electron chi connectivity index (χ2n) is 7.15. The van der Waals surface area contributed by atoms with Crippen molar-refractivity contribution < 1.29 is 33.3 Å². The van der Waals surface area contributed by atoms with Crippen LogP contribution in [0.25, 0.3) is 0 Å². The molecule has 0 aliphatic heterocycles. The topological polar surface area (TPSA) is 112 Å². The minimum Gasteiger partial charge on any atom is -0.497 e. The van der Waals surface area contributed by atoms with Gasteiger partial charge in [-0.15, -0.1) is 0 Å². The maximum atomic E-state index is 12.3. The van der Waals surface area contributed by atoms with Gasteiger partial charge in [0.25, 0.3) is 11.8 Å². The van der Waals surface area contributed by atoms with Gasteiger partial charge in [0.2, 0.25) is 0 Å². The number of rotatable bonds is 11. The highest BCUT2D eigenvalue weighted by Crippen LogP contribution is 2.23. The molecule has 0 radical (unpaired) electrons. The first-order valence-electron chi connectivity index (χ1n) is 10.8. The average Bonchev–Trinajstić information content (AvgIpc) is 2.88. The monoisotopic (exact) mass is 478 g/mol. The van der Waals surface area contributed by atoms with Crippen LogP contribution in [0.5, 0.6) is 17.2 Å². The van der Waals surface area contributed by atoms with Crippen LogP contribution in [0.1, 0.15) is 17.3 Å². The Balaban J connectivity index is 1.44. The number of ether oxygens (including phenoxy) is 4. The van der Waals surface area contributed by atoms with E-state index in [-0.39, 0.29) is 18.1 Å². The maximum Gasteiger partial charge on any atom is 0.338 e. The fourth-order valence-electron chi connectivity index (χ4n) is 2.99. The molecular formula is C26H26N2O7. The van der Waals surface area contributed by atoms with Crippen molar-refractivity contribution in [2.75, 3.05) is 37.6 Å². The largest absolute Gasteiger partial charge is 0.497 e. The van der Waals surface area contributed by atoms with Crippen molar-refractivity contribution >= 4 is 29.2 Å². The van der Waals surface area contributed by atoms with Crippen molar-refractivity contribution in [2.45, 2.75) is 6.92 Å². The van der Waals surface area contributed by atoms with Crippen molar-refractivity contribution in [3.05, 3.63) is 78.4 Å². The van der Waals surface area contributed by atoms with Gasteiger partial charge >= 0.3 is 5.97 Å². The van der Waals surface area contributed by atoms with Crippen LogP contribution in [-0.4, -0.2) is 44.7 Å². The van der Waals surface area contributed by atoms with E-state index in [0.29, 0.717) is 35.2 Å². The molecule has 0 aliphatic rings. The second kappa shape index (κ2) is 12.6. The van der Waals surface area contributed by atoms with Crippen LogP contribution in [0.4, 0.5) is 11.4 Å². The summed E-state index contributed by atoms with van der Waals surface area (Å²) in [6, 6.07) is 20.0. The molecule has 0 aromatic heterocycles. The molecule has 3 aromatic rings. The molecule has 3 aromatic carbocycles. The Morgan fingerprint density at radius 2 is 1.51 bits per heavy atom. The third kappa shape index (κ3) is 7.78. The van der Waals surface area contributed by atoms with E-state index < -0.39 is 18.5 Å². The third-order valence-electron chi connectivity index (χ3n) is 4.61. The minimum atomic E-state index is -0.666. The zero-order chi connectivity index (χ0) is 25.0. The summed E-state index contributed by atoms with van der Waals surface area (Å²) < 4.78 is 21.1. The van der Waals surface area contributed by atoms with Crippen LogP contribution in [0.2, 0.25) is 0 Å². The lowest BCUT2D eigenvalue weighted by Crippen LogP contribution is -2.21. The lowest BCUT2D eigenvalue weighted by atomic mass is 10.2. The molecular weight excluding hydrogens is 452 g/mol. The lowest BCUT2D eigenvalue weighted by Gasteiger charge is -2.11. The summed E-state index contributed by atoms with van der Waals surface area (Å²) in [6.45, 7) is 1.62. The summed E-state index contributed by atoms with van der Waals surface area (Å²) in [4.78, 5) is 36.5. The summed E-state index contributed by atoms with van der Waals surface area (Å²) in [5, 5.41) is 5.36. The van der Waals surface area contributed by atoms with E-state index in [1.54, 1.807) is 55.6 Å². The molecule has 0 fully saturated rings. The fraction of sp³-hybridized carbons (Fsp3) is 0.192. The van der Waals surface area contributed by atoms with Crippen molar-refractivity contribution in [1.29, 1.82) is 0 Å². The van der Waals surface area contributed by atoms with Crippen molar-refractivity contribution in [2.24, 2.45) is 0 Å². The number of carbonyl (C=O) groups is 3. The summed E-state index contributed by atoms with van der Waals surface area (Å²) in [5.74, 6) is 0.0424. The van der Waals surface area contributed by atoms with Crippen molar-refractivity contribution in [1.82, 2.24) is 0 Å². The molecule has 0 aliphatic carbocycles. The fourth-order valence-corrected chi connectivity index (χ4v) is 2.99. The van der Waals surface area contributed by atoms with Gasteiger partial charge in [-0.05, 0) is 55.5 Å². The molecule has 2 N–H and O–H groups in total. The van der Waals surface area contributed by atoms with Gasteiger partial charge in [-0.25, -0.2) is 4.79 Å². The standard InChI is InChI=1S/C26H26N2O7/c1-3-33-23-10-5-4-9-22(23)28-25(30)17-35-26(31)18-11-13-20(14-12-18)34-16-24(29)27-19-7-6-8-21(15-19)32-2/h4-15H,3,16-17H2,1-2H3,(H,27,29)(H,28,30). The molecule has 3 rings (SSSR count). The molecule has 182 valence electrons. The number of nitrogens with one attached hydrogen (secondary N) is 2. The van der Waals surface area contributed by atoms with E-state index >= 15 is 0 Å². The van der Waals surface area contributed by atoms with Gasteiger partial charge in [0, 0.05) is 11.8 Å². The Morgan fingerprint density at radius 1 is 0.771 bits per heavy atom. The van der Waals surface area contributed by atoms with Crippen LogP contribution in [-0.2, 0) is 14.3 Å². The number of para-hydroxylation sites is 2. The second-order valence-corrected chi connectivity index (χ2v) is 7.15. The Kier molecular flexibility index (Phi) is 9.07. The van der Waals surface area contributed by atoms with Gasteiger partial charge in [-0.3, -0.25) is 9.59 Å². The van der Waals surface area contributed by atoms with Crippen molar-refractivity contribution in [3.8, 4) is 17.2 Å². The summed E-state index contributed by atoms with van der Waals surface area (Å²) in [6.07, 6.45) is 0. The van der Waals surface area contributed by atoms with Gasteiger partial charge in [-0.1, -0.05) is 18.2 Å². The maximum absolute atomic E-state index is 12.3. The van der Waals surface area contributed by atoms with Crippen molar-refractivity contribution in [3.63, 3.8) is 0 Å². The van der Waals surface area contributed by atoms with Gasteiger partial charge in [0.05, 0.1) is 25.0 Å². The number of carbonyl (C=O) groups excluding carboxylic acids is 3. The zero-order valence-electron chi connectivity index (χ0n) is 19.4. The molecule has 0 saturated heterocycles. The highest BCUT2D eigenvalue weighted by molar-refractivity contribution is 5.96. The Labute approximate surface area is 203 Å². The number of benzene rings is 3. The normalized spacial score (nSPS) is 10.1. The van der Waals surface area contributed by atoms with Gasteiger partial charge in [-0.2, -0.15) is 0 Å². The van der Waals surface area contributed by atoms with Crippen LogP contribution in [0, 0.1) is 0 Å². The van der Waals surface area contributed by atoms with Crippen LogP contribution < -0.4 is 24.8 Å². The van der Waals surface area contributed by atoms with Crippen LogP contribution >= 0.6 is 0 Å². The summed E-state index contributed by atoms with van der Waals surface area (Å²) in [5.41, 5.74) is 1.31. The molecule has 0 atom stereocenters. The van der Waals surface area contributed by atoms with E-state index in [9.17, 15) is 14.4 Å². The predicted octanol–water partition coefficient (Wildman–Crippen LogP) is 3.91. The van der Waals surface area contributed by atoms with E-state index in [2.05, 4.69) is 10.6 Å². The quantitative estimate of drug-likeness (QED) is 0.402. The molecule has 0 unspecified atom stereocenters. The highest BCUT2D eigenvalue weighted by Gasteiger charge is 2.13. The number of hydrogen-bond donors (Lipinski definition) is 2. The Bertz CT molecular complexity index is 1160. The van der Waals surface area contributed by atoms with Gasteiger partial charge in [0.15, 0.2) is 13.2 Å². The Morgan fingerprint density at radius 3 is 2.26 bits per heavy atom. The first-order valence-corrected chi connectivity index (χ1v) is 10.8. The minimum absolute atomic E-state index is 0.218. The zero-order valence-corrected chi connectivity index (χ0v) is 19.4. The average molecular weight is 479 g/mol. The SMILES string of the molecule is CCOc1ccccc1NC(=O)COC(=O)c1ccc(OCC(=O)Nc2cccc(OC)c2)cc1. The Hall–Kier alpha value is -4.53. The van der Waals surface area contributed by atoms with E-state index in [1.165, 1.54) is 24.3 Å². The first-order chi connectivity index (χ1) is 17.0. The molecule has 0 heterocycles. The molecule has 2 amide bonds. The van der Waals surface area contributed by atoms with E-state index in [4.69, 9.17) is 18.9 Å². The molecule has 0 spiro atoms.